The van der Waals surface area contributed by atoms with Crippen molar-refractivity contribution in [1.29, 1.82) is 0 Å². The number of rotatable bonds is 1. The first-order chi connectivity index (χ1) is 17.1. The van der Waals surface area contributed by atoms with Crippen molar-refractivity contribution < 1.29 is 24.2 Å². The summed E-state index contributed by atoms with van der Waals surface area (Å²) in [5, 5.41) is 12.3. The van der Waals surface area contributed by atoms with Crippen molar-refractivity contribution in [1.82, 2.24) is 0 Å². The highest BCUT2D eigenvalue weighted by atomic mass is 16.6. The van der Waals surface area contributed by atoms with Crippen molar-refractivity contribution in [2.75, 3.05) is 0 Å². The van der Waals surface area contributed by atoms with Gasteiger partial charge in [0.2, 0.25) is 0 Å². The lowest BCUT2D eigenvalue weighted by molar-refractivity contribution is -0.320. The molecule has 1 heterocycles. The van der Waals surface area contributed by atoms with Crippen LogP contribution in [-0.4, -0.2) is 34.9 Å². The van der Waals surface area contributed by atoms with Gasteiger partial charge in [0, 0.05) is 23.7 Å². The van der Waals surface area contributed by atoms with E-state index in [4.69, 9.17) is 9.47 Å². The van der Waals surface area contributed by atoms with Gasteiger partial charge in [-0.1, -0.05) is 48.5 Å². The Balaban J connectivity index is 1.45. The maximum Gasteiger partial charge on any atom is 0.313 e. The number of fused-ring (bicyclic) bond motifs is 4. The molecule has 0 aromatic heterocycles. The van der Waals surface area contributed by atoms with Crippen LogP contribution in [0.5, 0.6) is 0 Å². The molecule has 5 heteroatoms. The lowest BCUT2D eigenvalue weighted by Gasteiger charge is -2.75. The van der Waals surface area contributed by atoms with Crippen LogP contribution in [0.15, 0.2) is 0 Å². The highest BCUT2D eigenvalue weighted by Gasteiger charge is 2.83. The van der Waals surface area contributed by atoms with E-state index in [2.05, 4.69) is 48.5 Å². The maximum atomic E-state index is 13.8. The second-order valence-corrected chi connectivity index (χ2v) is 15.8. The van der Waals surface area contributed by atoms with Gasteiger partial charge >= 0.3 is 11.9 Å². The summed E-state index contributed by atoms with van der Waals surface area (Å²) in [5.74, 6) is 1.56. The smallest absolute Gasteiger partial charge is 0.313 e. The third-order valence-corrected chi connectivity index (χ3v) is 14.6. The predicted octanol–water partition coefficient (Wildman–Crippen LogP) is 6.31. The molecule has 0 aromatic carbocycles. The Morgan fingerprint density at radius 3 is 2.32 bits per heavy atom. The van der Waals surface area contributed by atoms with Crippen LogP contribution in [0.2, 0.25) is 0 Å². The van der Waals surface area contributed by atoms with E-state index in [0.717, 1.165) is 51.4 Å². The molecule has 5 saturated carbocycles. The summed E-state index contributed by atoms with van der Waals surface area (Å²) in [6.07, 6.45) is 7.91. The van der Waals surface area contributed by atoms with E-state index in [9.17, 15) is 14.7 Å². The fourth-order valence-corrected chi connectivity index (χ4v) is 12.5. The monoisotopic (exact) mass is 514 g/mol. The van der Waals surface area contributed by atoms with E-state index >= 15 is 0 Å². The van der Waals surface area contributed by atoms with Gasteiger partial charge < -0.3 is 14.6 Å². The zero-order chi connectivity index (χ0) is 27.0. The molecule has 12 atom stereocenters. The van der Waals surface area contributed by atoms with Crippen LogP contribution >= 0.6 is 0 Å². The zero-order valence-corrected chi connectivity index (χ0v) is 24.5. The second kappa shape index (κ2) is 7.55. The molecule has 1 N–H and O–H groups in total. The number of carbonyl (C=O) groups is 2. The van der Waals surface area contributed by atoms with Crippen LogP contribution in [0.25, 0.3) is 0 Å². The normalized spacial score (nSPS) is 57.8. The van der Waals surface area contributed by atoms with Crippen LogP contribution in [-0.2, 0) is 19.1 Å². The Bertz CT molecular complexity index is 1020. The molecule has 0 unspecified atom stereocenters. The minimum atomic E-state index is -0.782. The van der Waals surface area contributed by atoms with E-state index in [1.807, 2.05) is 0 Å². The van der Waals surface area contributed by atoms with Gasteiger partial charge in [-0.3, -0.25) is 9.59 Å². The van der Waals surface area contributed by atoms with Crippen molar-refractivity contribution in [2.24, 2.45) is 56.7 Å². The van der Waals surface area contributed by atoms with Crippen LogP contribution < -0.4 is 0 Å². The molecule has 37 heavy (non-hydrogen) atoms. The molecule has 1 saturated heterocycles. The average Bonchev–Trinajstić information content (AvgIpc) is 3.03. The van der Waals surface area contributed by atoms with Crippen LogP contribution in [0.4, 0.5) is 0 Å². The van der Waals surface area contributed by atoms with Crippen LogP contribution in [0.3, 0.4) is 0 Å². The Labute approximate surface area is 223 Å². The van der Waals surface area contributed by atoms with Gasteiger partial charge in [0.1, 0.15) is 11.7 Å². The number of aliphatic hydroxyl groups is 1. The van der Waals surface area contributed by atoms with Crippen molar-refractivity contribution in [3.63, 3.8) is 0 Å². The predicted molar refractivity (Wildman–Crippen MR) is 141 cm³/mol. The topological polar surface area (TPSA) is 72.8 Å². The first-order valence-corrected chi connectivity index (χ1v) is 15.2. The number of carbonyl (C=O) groups excluding carboxylic acids is 2. The minimum Gasteiger partial charge on any atom is -0.462 e. The number of hydrogen-bond donors (Lipinski definition) is 1. The summed E-state index contributed by atoms with van der Waals surface area (Å²) >= 11 is 0. The van der Waals surface area contributed by atoms with E-state index < -0.39 is 17.1 Å². The molecule has 0 aromatic rings. The molecule has 1 spiro atoms. The van der Waals surface area contributed by atoms with Crippen molar-refractivity contribution in [3.05, 3.63) is 0 Å². The molecule has 5 nitrogen and oxygen atoms in total. The Kier molecular flexibility index (Phi) is 5.33. The van der Waals surface area contributed by atoms with Crippen LogP contribution in [0, 0.1) is 56.7 Å². The lowest BCUT2D eigenvalue weighted by Crippen LogP contribution is -2.76. The zero-order valence-electron chi connectivity index (χ0n) is 24.5. The summed E-state index contributed by atoms with van der Waals surface area (Å²) in [6, 6.07) is 0. The lowest BCUT2D eigenvalue weighted by atomic mass is 9.30. The van der Waals surface area contributed by atoms with Gasteiger partial charge in [0.15, 0.2) is 0 Å². The number of esters is 2. The highest BCUT2D eigenvalue weighted by Crippen LogP contribution is 2.80. The summed E-state index contributed by atoms with van der Waals surface area (Å²) < 4.78 is 12.6. The van der Waals surface area contributed by atoms with Crippen LogP contribution in [0.1, 0.15) is 113 Å². The van der Waals surface area contributed by atoms with Gasteiger partial charge in [-0.05, 0) is 92.3 Å². The molecule has 2 bridgehead atoms. The number of ether oxygens (including phenoxy) is 2. The van der Waals surface area contributed by atoms with Crippen molar-refractivity contribution in [3.8, 4) is 0 Å². The first kappa shape index (κ1) is 26.1. The van der Waals surface area contributed by atoms with E-state index in [1.54, 1.807) is 0 Å². The highest BCUT2D eigenvalue weighted by molar-refractivity contribution is 5.82. The van der Waals surface area contributed by atoms with Gasteiger partial charge in [0.05, 0.1) is 11.5 Å². The van der Waals surface area contributed by atoms with Crippen molar-refractivity contribution in [2.45, 2.75) is 131 Å². The molecule has 6 aliphatic rings. The molecular formula is C32H50O5. The van der Waals surface area contributed by atoms with Gasteiger partial charge in [-0.15, -0.1) is 0 Å². The van der Waals surface area contributed by atoms with Crippen molar-refractivity contribution >= 4 is 11.9 Å². The quantitative estimate of drug-likeness (QED) is 0.415. The Morgan fingerprint density at radius 1 is 0.946 bits per heavy atom. The number of aliphatic hydroxyl groups excluding tert-OH is 1. The molecule has 5 aliphatic carbocycles. The average molecular weight is 515 g/mol. The summed E-state index contributed by atoms with van der Waals surface area (Å²) in [6.45, 7) is 18.2. The Hall–Kier alpha value is -1.10. The number of hydrogen-bond acceptors (Lipinski definition) is 5. The van der Waals surface area contributed by atoms with Gasteiger partial charge in [-0.2, -0.15) is 0 Å². The molecular weight excluding hydrogens is 464 g/mol. The molecule has 0 radical (unpaired) electrons. The molecule has 6 rings (SSSR count). The SMILES string of the molecule is CC(=O)O[C@H]1CC[C@]2(C)[C@H]3C[C@H](O)[C@]45OC(=O)[C@@]6(CC[C@@H](C)[C@H](C)[C@H]64)CC[C@@]5(C)[C@]3(C)CC[C@H]2C1(C)C. The molecule has 1 aliphatic heterocycles. The standard InChI is InChI=1S/C32H50O5/c1-18-9-14-31-16-15-30(8)29(7)13-10-21-27(4,5)24(36-20(3)33)11-12-28(21,6)22(29)17-23(34)32(30,37-26(31)35)25(31)19(18)2/h18-19,21-25,34H,9-17H2,1-8H3/t18-,19+,21+,22-,23+,24+,25-,28+,29-,30+,31+,32+/m1/s1. The van der Waals surface area contributed by atoms with E-state index in [1.165, 1.54) is 6.92 Å². The third kappa shape index (κ3) is 2.76. The first-order valence-electron chi connectivity index (χ1n) is 15.2. The fourth-order valence-electron chi connectivity index (χ4n) is 12.5. The molecule has 6 fully saturated rings. The summed E-state index contributed by atoms with van der Waals surface area (Å²) in [5.41, 5.74) is -1.55. The summed E-state index contributed by atoms with van der Waals surface area (Å²) in [7, 11) is 0. The molecule has 0 amide bonds. The molecule has 208 valence electrons. The third-order valence-electron chi connectivity index (χ3n) is 14.6. The second-order valence-electron chi connectivity index (χ2n) is 15.8. The fraction of sp³-hybridized carbons (Fsp3) is 0.938. The van der Waals surface area contributed by atoms with E-state index in [-0.39, 0.29) is 45.6 Å². The maximum absolute atomic E-state index is 13.8. The van der Waals surface area contributed by atoms with E-state index in [0.29, 0.717) is 30.1 Å². The summed E-state index contributed by atoms with van der Waals surface area (Å²) in [4.78, 5) is 25.7. The van der Waals surface area contributed by atoms with Gasteiger partial charge in [0.25, 0.3) is 0 Å². The largest absolute Gasteiger partial charge is 0.462 e. The Morgan fingerprint density at radius 2 is 1.65 bits per heavy atom. The van der Waals surface area contributed by atoms with Gasteiger partial charge in [-0.25, -0.2) is 0 Å². The minimum absolute atomic E-state index is 0.0102.